The number of aldehydes is 1. The van der Waals surface area contributed by atoms with Gasteiger partial charge in [-0.25, -0.2) is 4.98 Å². The van der Waals surface area contributed by atoms with Crippen molar-refractivity contribution in [3.63, 3.8) is 0 Å². The molecular weight excluding hydrogens is 557 g/mol. The number of nitrogens with zero attached hydrogens (tertiary/aromatic N) is 4. The van der Waals surface area contributed by atoms with Crippen LogP contribution in [0.25, 0.3) is 0 Å². The van der Waals surface area contributed by atoms with E-state index in [9.17, 15) is 18.0 Å². The summed E-state index contributed by atoms with van der Waals surface area (Å²) in [6, 6.07) is 10.2. The molecule has 0 radical (unpaired) electrons. The average molecular weight is 593 g/mol. The molecule has 13 heteroatoms. The number of amidine groups is 1. The Morgan fingerprint density at radius 1 is 1.20 bits per heavy atom. The summed E-state index contributed by atoms with van der Waals surface area (Å²) >= 11 is 1.69. The average Bonchev–Trinajstić information content (AvgIpc) is 3.29. The molecule has 0 saturated carbocycles. The van der Waals surface area contributed by atoms with Gasteiger partial charge in [0.05, 0.1) is 16.3 Å². The second kappa shape index (κ2) is 16.9. The molecule has 222 valence electrons. The minimum Gasteiger partial charge on any atom is -0.487 e. The van der Waals surface area contributed by atoms with E-state index in [2.05, 4.69) is 20.7 Å². The lowest BCUT2D eigenvalue weighted by molar-refractivity contribution is -0.137. The molecule has 0 aliphatic rings. The zero-order valence-electron chi connectivity index (χ0n) is 23.8. The molecule has 1 aromatic heterocycles. The van der Waals surface area contributed by atoms with Crippen LogP contribution in [0.15, 0.2) is 58.2 Å². The van der Waals surface area contributed by atoms with Gasteiger partial charge in [0.15, 0.2) is 17.9 Å². The number of Topliss-reactive ketones (excluding diaryl/α,β-unsaturated/α-hetero) is 1. The molecule has 3 rings (SSSR count). The molecule has 0 unspecified atom stereocenters. The Hall–Kier alpha value is -4.13. The normalized spacial score (nSPS) is 10.8. The van der Waals surface area contributed by atoms with Crippen molar-refractivity contribution in [3.05, 3.63) is 75.2 Å². The molecule has 41 heavy (non-hydrogen) atoms. The van der Waals surface area contributed by atoms with Gasteiger partial charge in [-0.1, -0.05) is 43.3 Å². The Morgan fingerprint density at radius 3 is 2.22 bits per heavy atom. The van der Waals surface area contributed by atoms with E-state index >= 15 is 0 Å². The largest absolute Gasteiger partial charge is 0.487 e. The maximum absolute atomic E-state index is 13.1. The van der Waals surface area contributed by atoms with E-state index in [0.29, 0.717) is 23.7 Å². The van der Waals surface area contributed by atoms with E-state index in [1.54, 1.807) is 35.6 Å². The fraction of sp³-hybridized carbons (Fsp3) is 0.357. The molecule has 0 saturated heterocycles. The van der Waals surface area contributed by atoms with Gasteiger partial charge in [-0.3, -0.25) is 15.0 Å². The van der Waals surface area contributed by atoms with Gasteiger partial charge in [0, 0.05) is 37.2 Å². The van der Waals surface area contributed by atoms with Gasteiger partial charge < -0.3 is 15.5 Å². The standard InChI is InChI=1S/C20H24F3N5O.C5H7NS.C3H4O2/c1-13(2)11-28(3)17-9-8-16(20(21,22)23)10-18(17)29-12-14-4-6-15(7-5-14)19(24)26-27-25;1-4-3-7-5(2)6-4;1-3(5)2-4/h4-10,13H,11-12H2,1-3H3,(H3,24,25,26);3H,1-2H3;2H,1H3. The SMILES string of the molecule is CC(=O)C=O.CC(C)CN(C)c1ccc(C(F)(F)F)cc1OCc1ccc(C(=N)N=NN)cc1.Cc1csc(C)n1. The van der Waals surface area contributed by atoms with E-state index in [4.69, 9.17) is 20.8 Å². The number of aryl methyl sites for hydroxylation is 2. The molecule has 0 fully saturated rings. The first-order valence-electron chi connectivity index (χ1n) is 12.4. The molecule has 0 amide bonds. The minimum atomic E-state index is -4.45. The summed E-state index contributed by atoms with van der Waals surface area (Å²) < 4.78 is 45.2. The number of ketones is 1. The number of carbonyl (C=O) groups is 2. The smallest absolute Gasteiger partial charge is 0.416 e. The molecule has 0 aliphatic carbocycles. The maximum atomic E-state index is 13.1. The van der Waals surface area contributed by atoms with Crippen molar-refractivity contribution in [2.24, 2.45) is 22.1 Å². The van der Waals surface area contributed by atoms with Crippen LogP contribution in [0.1, 0.15) is 48.2 Å². The van der Waals surface area contributed by atoms with Gasteiger partial charge in [0.1, 0.15) is 12.4 Å². The fourth-order valence-electron chi connectivity index (χ4n) is 3.27. The molecule has 2 aromatic carbocycles. The number of hydrogen-bond acceptors (Lipinski definition) is 8. The molecular formula is C28H35F3N6O3S. The monoisotopic (exact) mass is 592 g/mol. The van der Waals surface area contributed by atoms with Gasteiger partial charge in [0.2, 0.25) is 0 Å². The minimum absolute atomic E-state index is 0.0792. The number of rotatable bonds is 8. The van der Waals surface area contributed by atoms with E-state index in [1.165, 1.54) is 13.0 Å². The predicted molar refractivity (Wildman–Crippen MR) is 155 cm³/mol. The van der Waals surface area contributed by atoms with E-state index < -0.39 is 17.5 Å². The van der Waals surface area contributed by atoms with Crippen molar-refractivity contribution in [2.75, 3.05) is 18.5 Å². The van der Waals surface area contributed by atoms with Crippen LogP contribution in [-0.4, -0.2) is 36.5 Å². The van der Waals surface area contributed by atoms with Crippen molar-refractivity contribution in [1.82, 2.24) is 4.98 Å². The number of nitrogens with one attached hydrogen (secondary N) is 1. The second-order valence-electron chi connectivity index (χ2n) is 9.24. The molecule has 1 heterocycles. The van der Waals surface area contributed by atoms with E-state index in [0.717, 1.165) is 28.4 Å². The summed E-state index contributed by atoms with van der Waals surface area (Å²) in [5.74, 6) is 4.92. The first kappa shape index (κ1) is 34.9. The Kier molecular flexibility index (Phi) is 14.3. The Balaban J connectivity index is 0.000000577. The Labute approximate surface area is 241 Å². The zero-order valence-corrected chi connectivity index (χ0v) is 24.6. The molecule has 0 bridgehead atoms. The van der Waals surface area contributed by atoms with Crippen LogP contribution in [-0.2, 0) is 22.4 Å². The van der Waals surface area contributed by atoms with Crippen LogP contribution in [0.2, 0.25) is 0 Å². The highest BCUT2D eigenvalue weighted by Crippen LogP contribution is 2.37. The summed E-state index contributed by atoms with van der Waals surface area (Å²) in [6.07, 6.45) is -4.17. The number of benzene rings is 2. The highest BCUT2D eigenvalue weighted by Gasteiger charge is 2.31. The Bertz CT molecular complexity index is 1290. The van der Waals surface area contributed by atoms with Crippen molar-refractivity contribution in [3.8, 4) is 5.75 Å². The lowest BCUT2D eigenvalue weighted by atomic mass is 10.1. The number of halogens is 3. The third-order valence-electron chi connectivity index (χ3n) is 5.02. The molecule has 0 atom stereocenters. The summed E-state index contributed by atoms with van der Waals surface area (Å²) in [7, 11) is 1.82. The van der Waals surface area contributed by atoms with Crippen molar-refractivity contribution in [2.45, 2.75) is 47.4 Å². The van der Waals surface area contributed by atoms with Crippen LogP contribution in [0.5, 0.6) is 5.75 Å². The van der Waals surface area contributed by atoms with Crippen molar-refractivity contribution in [1.29, 1.82) is 5.41 Å². The lowest BCUT2D eigenvalue weighted by Crippen LogP contribution is -2.23. The maximum Gasteiger partial charge on any atom is 0.416 e. The van der Waals surface area contributed by atoms with Crippen LogP contribution < -0.4 is 15.5 Å². The number of carbonyl (C=O) groups excluding carboxylic acids is 2. The third kappa shape index (κ3) is 13.2. The number of aromatic nitrogens is 1. The summed E-state index contributed by atoms with van der Waals surface area (Å²) in [5, 5.41) is 17.4. The first-order valence-corrected chi connectivity index (χ1v) is 13.2. The summed E-state index contributed by atoms with van der Waals surface area (Å²) in [6.45, 7) is 10.0. The Morgan fingerprint density at radius 2 is 1.80 bits per heavy atom. The van der Waals surface area contributed by atoms with Gasteiger partial charge >= 0.3 is 6.18 Å². The van der Waals surface area contributed by atoms with E-state index in [-0.39, 0.29) is 24.5 Å². The molecule has 0 spiro atoms. The number of thiazole rings is 1. The lowest BCUT2D eigenvalue weighted by Gasteiger charge is -2.25. The number of anilines is 1. The summed E-state index contributed by atoms with van der Waals surface area (Å²) in [5.41, 5.74) is 2.21. The topological polar surface area (TPSA) is 134 Å². The highest BCUT2D eigenvalue weighted by atomic mass is 32.1. The number of ether oxygens (including phenoxy) is 1. The number of hydrogen-bond donors (Lipinski definition) is 2. The highest BCUT2D eigenvalue weighted by molar-refractivity contribution is 7.09. The van der Waals surface area contributed by atoms with Crippen LogP contribution >= 0.6 is 11.3 Å². The fourth-order valence-corrected chi connectivity index (χ4v) is 3.87. The predicted octanol–water partition coefficient (Wildman–Crippen LogP) is 6.56. The second-order valence-corrected chi connectivity index (χ2v) is 10.3. The molecule has 3 N–H and O–H groups in total. The van der Waals surface area contributed by atoms with Gasteiger partial charge in [-0.2, -0.15) is 13.2 Å². The van der Waals surface area contributed by atoms with Crippen molar-refractivity contribution >= 4 is 34.9 Å². The number of nitrogens with two attached hydrogens (primary N) is 1. The molecule has 9 nitrogen and oxygen atoms in total. The summed E-state index contributed by atoms with van der Waals surface area (Å²) in [4.78, 5) is 24.6. The van der Waals surface area contributed by atoms with Gasteiger partial charge in [0.25, 0.3) is 0 Å². The van der Waals surface area contributed by atoms with Crippen molar-refractivity contribution < 1.29 is 27.5 Å². The van der Waals surface area contributed by atoms with Crippen LogP contribution in [0.3, 0.4) is 0 Å². The van der Waals surface area contributed by atoms with E-state index in [1.807, 2.05) is 39.6 Å². The molecule has 3 aromatic rings. The number of alkyl halides is 3. The quantitative estimate of drug-likeness (QED) is 0.0579. The van der Waals surface area contributed by atoms with Gasteiger partial charge in [-0.05, 0) is 43.5 Å². The van der Waals surface area contributed by atoms with Crippen LogP contribution in [0, 0.1) is 25.2 Å². The first-order chi connectivity index (χ1) is 19.2. The third-order valence-corrected chi connectivity index (χ3v) is 5.91. The molecule has 0 aliphatic heterocycles. The van der Waals surface area contributed by atoms with Gasteiger partial charge in [-0.15, -0.1) is 16.5 Å². The van der Waals surface area contributed by atoms with Crippen LogP contribution in [0.4, 0.5) is 18.9 Å². The zero-order chi connectivity index (χ0) is 31.2.